The summed E-state index contributed by atoms with van der Waals surface area (Å²) < 4.78 is 2.52. The van der Waals surface area contributed by atoms with Crippen LogP contribution in [0.5, 0.6) is 0 Å². The van der Waals surface area contributed by atoms with Gasteiger partial charge in [0.1, 0.15) is 0 Å². The van der Waals surface area contributed by atoms with Gasteiger partial charge in [-0.1, -0.05) is 0 Å². The first-order chi connectivity index (χ1) is 8.66. The van der Waals surface area contributed by atoms with Gasteiger partial charge in [0.05, 0.1) is 5.54 Å². The molecule has 0 aliphatic heterocycles. The lowest BCUT2D eigenvalue weighted by Gasteiger charge is -2.57. The normalized spacial score (nSPS) is 41.2. The molecule has 4 saturated carbocycles. The first-order valence-electron chi connectivity index (χ1n) is 6.97. The minimum Gasteiger partial charge on any atom is -0.339 e. The van der Waals surface area contributed by atoms with E-state index in [1.165, 1.54) is 38.5 Å². The van der Waals surface area contributed by atoms with E-state index in [4.69, 9.17) is 12.2 Å². The number of nitrogens with zero attached hydrogens (tertiary/aromatic N) is 1. The molecule has 18 heavy (non-hydrogen) atoms. The Labute approximate surface area is 111 Å². The van der Waals surface area contributed by atoms with Gasteiger partial charge in [-0.2, -0.15) is 0 Å². The van der Waals surface area contributed by atoms with Crippen LogP contribution in [0.1, 0.15) is 38.5 Å². The monoisotopic (exact) mass is 262 g/mol. The maximum atomic E-state index is 12.2. The van der Waals surface area contributed by atoms with Gasteiger partial charge in [-0.25, -0.2) is 0 Å². The number of rotatable bonds is 1. The Morgan fingerprint density at radius 2 is 1.72 bits per heavy atom. The highest BCUT2D eigenvalue weighted by Gasteiger charge is 2.52. The van der Waals surface area contributed by atoms with E-state index in [0.717, 1.165) is 17.8 Å². The fourth-order valence-electron chi connectivity index (χ4n) is 5.21. The Balaban J connectivity index is 1.89. The molecule has 1 heterocycles. The van der Waals surface area contributed by atoms with Crippen LogP contribution in [0.15, 0.2) is 17.1 Å². The van der Waals surface area contributed by atoms with Gasteiger partial charge >= 0.3 is 0 Å². The zero-order valence-electron chi connectivity index (χ0n) is 10.4. The van der Waals surface area contributed by atoms with E-state index in [-0.39, 0.29) is 11.1 Å². The van der Waals surface area contributed by atoms with Crippen molar-refractivity contribution in [2.24, 2.45) is 17.8 Å². The second kappa shape index (κ2) is 3.56. The van der Waals surface area contributed by atoms with Crippen molar-refractivity contribution in [3.8, 4) is 0 Å². The van der Waals surface area contributed by atoms with E-state index in [1.54, 1.807) is 12.3 Å². The maximum Gasteiger partial charge on any atom is 0.254 e. The van der Waals surface area contributed by atoms with E-state index in [1.807, 2.05) is 4.57 Å². The lowest BCUT2D eigenvalue weighted by Crippen LogP contribution is -2.54. The summed E-state index contributed by atoms with van der Waals surface area (Å²) >= 11 is 5.38. The second-order valence-corrected chi connectivity index (χ2v) is 6.99. The fourth-order valence-corrected chi connectivity index (χ4v) is 5.56. The Morgan fingerprint density at radius 1 is 1.17 bits per heavy atom. The predicted molar refractivity (Wildman–Crippen MR) is 72.0 cm³/mol. The van der Waals surface area contributed by atoms with Gasteiger partial charge in [0, 0.05) is 12.3 Å². The van der Waals surface area contributed by atoms with Gasteiger partial charge in [-0.3, -0.25) is 9.36 Å². The quantitative estimate of drug-likeness (QED) is 0.790. The van der Waals surface area contributed by atoms with Gasteiger partial charge in [-0.05, 0) is 68.5 Å². The Bertz CT molecular complexity index is 537. The van der Waals surface area contributed by atoms with Gasteiger partial charge in [0.2, 0.25) is 0 Å². The molecule has 1 aromatic rings. The highest BCUT2D eigenvalue weighted by Crippen LogP contribution is 2.58. The number of hydrogen-bond acceptors (Lipinski definition) is 2. The van der Waals surface area contributed by atoms with Crippen molar-refractivity contribution in [3.63, 3.8) is 0 Å². The zero-order chi connectivity index (χ0) is 12.3. The maximum absolute atomic E-state index is 12.2. The molecule has 0 amide bonds. The largest absolute Gasteiger partial charge is 0.339 e. The molecule has 4 aliphatic carbocycles. The van der Waals surface area contributed by atoms with Crippen LogP contribution in [-0.2, 0) is 5.54 Å². The number of hydrogen-bond donors (Lipinski definition) is 1. The molecule has 4 bridgehead atoms. The van der Waals surface area contributed by atoms with Crippen molar-refractivity contribution >= 4 is 12.2 Å². The van der Waals surface area contributed by atoms with Crippen molar-refractivity contribution in [2.75, 3.05) is 0 Å². The molecule has 4 fully saturated rings. The average molecular weight is 262 g/mol. The molecule has 0 spiro atoms. The molecule has 5 rings (SSSR count). The van der Waals surface area contributed by atoms with Crippen molar-refractivity contribution < 1.29 is 0 Å². The summed E-state index contributed by atoms with van der Waals surface area (Å²) in [6, 6.07) is 1.62. The summed E-state index contributed by atoms with van der Waals surface area (Å²) in [6.07, 6.45) is 9.33. The van der Waals surface area contributed by atoms with Crippen LogP contribution in [0.4, 0.5) is 0 Å². The Morgan fingerprint density at radius 3 is 2.22 bits per heavy atom. The second-order valence-electron chi connectivity index (χ2n) is 6.60. The lowest BCUT2D eigenvalue weighted by atomic mass is 9.53. The summed E-state index contributed by atoms with van der Waals surface area (Å²) in [5, 5.41) is 0. The molecule has 4 heteroatoms. The van der Waals surface area contributed by atoms with Crippen LogP contribution in [0.3, 0.4) is 0 Å². The molecule has 0 saturated heterocycles. The molecule has 1 aromatic heterocycles. The molecule has 4 aliphatic rings. The predicted octanol–water partition coefficient (Wildman–Crippen LogP) is 2.83. The smallest absolute Gasteiger partial charge is 0.254 e. The first-order valence-corrected chi connectivity index (χ1v) is 7.38. The standard InChI is InChI=1S/C14H18N2OS/c17-12-1-2-15-13(18)16(12)14-6-9-3-10(7-14)5-11(4-9)8-14/h1-2,9-11H,3-8H2,(H,15,18). The van der Waals surface area contributed by atoms with Crippen LogP contribution in [0, 0.1) is 22.5 Å². The van der Waals surface area contributed by atoms with Crippen LogP contribution in [0.2, 0.25) is 0 Å². The summed E-state index contributed by atoms with van der Waals surface area (Å²) in [7, 11) is 0. The van der Waals surface area contributed by atoms with Gasteiger partial charge in [0.25, 0.3) is 5.56 Å². The first kappa shape index (κ1) is 11.0. The molecular weight excluding hydrogens is 244 g/mol. The highest BCUT2D eigenvalue weighted by molar-refractivity contribution is 7.71. The fraction of sp³-hybridized carbons (Fsp3) is 0.714. The van der Waals surface area contributed by atoms with E-state index in [2.05, 4.69) is 4.98 Å². The summed E-state index contributed by atoms with van der Waals surface area (Å²) in [4.78, 5) is 15.3. The van der Waals surface area contributed by atoms with Gasteiger partial charge < -0.3 is 4.98 Å². The van der Waals surface area contributed by atoms with Crippen LogP contribution in [0.25, 0.3) is 0 Å². The highest BCUT2D eigenvalue weighted by atomic mass is 32.1. The average Bonchev–Trinajstić information content (AvgIpc) is 2.26. The van der Waals surface area contributed by atoms with E-state index >= 15 is 0 Å². The van der Waals surface area contributed by atoms with Crippen molar-refractivity contribution in [1.82, 2.24) is 9.55 Å². The van der Waals surface area contributed by atoms with Crippen LogP contribution in [-0.4, -0.2) is 9.55 Å². The molecule has 96 valence electrons. The summed E-state index contributed by atoms with van der Waals surface area (Å²) in [5.41, 5.74) is 0.126. The zero-order valence-corrected chi connectivity index (χ0v) is 11.2. The van der Waals surface area contributed by atoms with Crippen molar-refractivity contribution in [1.29, 1.82) is 0 Å². The number of aromatic nitrogens is 2. The van der Waals surface area contributed by atoms with E-state index in [0.29, 0.717) is 4.77 Å². The van der Waals surface area contributed by atoms with Gasteiger partial charge in [0.15, 0.2) is 4.77 Å². The third-order valence-corrected chi connectivity index (χ3v) is 5.64. The molecule has 0 aromatic carbocycles. The lowest BCUT2D eigenvalue weighted by molar-refractivity contribution is -0.0460. The summed E-state index contributed by atoms with van der Waals surface area (Å²) in [5.74, 6) is 2.49. The van der Waals surface area contributed by atoms with E-state index in [9.17, 15) is 4.79 Å². The molecule has 0 atom stereocenters. The van der Waals surface area contributed by atoms with Crippen molar-refractivity contribution in [3.05, 3.63) is 27.4 Å². The van der Waals surface area contributed by atoms with E-state index < -0.39 is 0 Å². The number of nitrogens with one attached hydrogen (secondary N) is 1. The molecule has 1 N–H and O–H groups in total. The third kappa shape index (κ3) is 1.41. The molecule has 0 radical (unpaired) electrons. The number of aromatic amines is 1. The third-order valence-electron chi connectivity index (χ3n) is 5.34. The van der Waals surface area contributed by atoms with Crippen LogP contribution >= 0.6 is 12.2 Å². The minimum absolute atomic E-state index is 0.0423. The van der Waals surface area contributed by atoms with Crippen molar-refractivity contribution in [2.45, 2.75) is 44.1 Å². The Kier molecular flexibility index (Phi) is 2.17. The molecule has 0 unspecified atom stereocenters. The van der Waals surface area contributed by atoms with Gasteiger partial charge in [-0.15, -0.1) is 0 Å². The number of H-pyrrole nitrogens is 1. The topological polar surface area (TPSA) is 37.8 Å². The van der Waals surface area contributed by atoms with Crippen LogP contribution < -0.4 is 5.56 Å². The SMILES string of the molecule is O=c1cc[nH]c(=S)n1C12CC3CC(CC(C3)C1)C2. The minimum atomic E-state index is 0.0423. The Hall–Kier alpha value is -0.900. The molecule has 3 nitrogen and oxygen atoms in total. The summed E-state index contributed by atoms with van der Waals surface area (Å²) in [6.45, 7) is 0. The molecular formula is C14H18N2OS.